The van der Waals surface area contributed by atoms with Crippen molar-refractivity contribution in [1.29, 1.82) is 0 Å². The average molecular weight is 353 g/mol. The highest BCUT2D eigenvalue weighted by Crippen LogP contribution is 2.27. The molecule has 8 heteroatoms. The molecule has 24 heavy (non-hydrogen) atoms. The summed E-state index contributed by atoms with van der Waals surface area (Å²) in [5.41, 5.74) is -1.00. The minimum absolute atomic E-state index is 0.151. The van der Waals surface area contributed by atoms with Gasteiger partial charge in [0.05, 0.1) is 17.0 Å². The van der Waals surface area contributed by atoms with E-state index in [9.17, 15) is 19.5 Å². The van der Waals surface area contributed by atoms with E-state index >= 15 is 0 Å². The van der Waals surface area contributed by atoms with Crippen LogP contribution in [0.15, 0.2) is 12.1 Å². The fraction of sp³-hybridized carbons (Fsp3) is 0.562. The fourth-order valence-electron chi connectivity index (χ4n) is 2.64. The second kappa shape index (κ2) is 7.31. The van der Waals surface area contributed by atoms with E-state index in [1.54, 1.807) is 33.0 Å². The van der Waals surface area contributed by atoms with Crippen LogP contribution in [0, 0.1) is 0 Å². The molecular weight excluding hydrogens is 330 g/mol. The van der Waals surface area contributed by atoms with Crippen molar-refractivity contribution in [3.05, 3.63) is 21.9 Å². The molecular formula is C16H23N3O4S. The third-order valence-electron chi connectivity index (χ3n) is 3.96. The molecule has 2 heterocycles. The smallest absolute Gasteiger partial charge is 0.261 e. The molecule has 1 atom stereocenters. The van der Waals surface area contributed by atoms with Crippen molar-refractivity contribution in [3.63, 3.8) is 0 Å². The SMILES string of the molecule is CNC(=O)C1CCCN1C(=O)CNC(=O)c1ccc(C(C)(C)O)s1. The number of hydrogen-bond donors (Lipinski definition) is 3. The number of likely N-dealkylation sites (N-methyl/N-ethyl adjacent to an activating group) is 1. The lowest BCUT2D eigenvalue weighted by atomic mass is 10.1. The van der Waals surface area contributed by atoms with Gasteiger partial charge in [-0.3, -0.25) is 14.4 Å². The number of carbonyl (C=O) groups excluding carboxylic acids is 3. The highest BCUT2D eigenvalue weighted by Gasteiger charge is 2.33. The largest absolute Gasteiger partial charge is 0.385 e. The van der Waals surface area contributed by atoms with Gasteiger partial charge in [0, 0.05) is 18.5 Å². The summed E-state index contributed by atoms with van der Waals surface area (Å²) in [7, 11) is 1.54. The first kappa shape index (κ1) is 18.4. The number of carbonyl (C=O) groups is 3. The number of nitrogens with one attached hydrogen (secondary N) is 2. The minimum Gasteiger partial charge on any atom is -0.385 e. The number of amides is 3. The van der Waals surface area contributed by atoms with Crippen LogP contribution in [0.2, 0.25) is 0 Å². The zero-order valence-electron chi connectivity index (χ0n) is 14.1. The number of rotatable bonds is 5. The van der Waals surface area contributed by atoms with Gasteiger partial charge in [-0.2, -0.15) is 0 Å². The van der Waals surface area contributed by atoms with Gasteiger partial charge in [0.2, 0.25) is 11.8 Å². The Hall–Kier alpha value is -1.93. The summed E-state index contributed by atoms with van der Waals surface area (Å²) in [5, 5.41) is 15.1. The van der Waals surface area contributed by atoms with Gasteiger partial charge < -0.3 is 20.6 Å². The number of thiophene rings is 1. The van der Waals surface area contributed by atoms with Crippen molar-refractivity contribution >= 4 is 29.1 Å². The van der Waals surface area contributed by atoms with Gasteiger partial charge in [-0.15, -0.1) is 11.3 Å². The molecule has 1 aromatic heterocycles. The number of likely N-dealkylation sites (tertiary alicyclic amines) is 1. The van der Waals surface area contributed by atoms with Crippen molar-refractivity contribution in [2.75, 3.05) is 20.1 Å². The molecule has 1 saturated heterocycles. The third kappa shape index (κ3) is 4.12. The van der Waals surface area contributed by atoms with Gasteiger partial charge in [-0.25, -0.2) is 0 Å². The maximum Gasteiger partial charge on any atom is 0.261 e. The lowest BCUT2D eigenvalue weighted by Crippen LogP contribution is -2.48. The molecule has 0 radical (unpaired) electrons. The molecule has 1 aromatic rings. The van der Waals surface area contributed by atoms with Crippen LogP contribution < -0.4 is 10.6 Å². The van der Waals surface area contributed by atoms with E-state index < -0.39 is 11.6 Å². The monoisotopic (exact) mass is 353 g/mol. The second-order valence-electron chi connectivity index (χ2n) is 6.27. The average Bonchev–Trinajstić information content (AvgIpc) is 3.19. The highest BCUT2D eigenvalue weighted by molar-refractivity contribution is 7.14. The quantitative estimate of drug-likeness (QED) is 0.715. The van der Waals surface area contributed by atoms with Gasteiger partial charge in [0.25, 0.3) is 5.91 Å². The molecule has 0 saturated carbocycles. The first-order valence-corrected chi connectivity index (χ1v) is 8.67. The molecule has 0 bridgehead atoms. The Kier molecular flexibility index (Phi) is 5.61. The van der Waals surface area contributed by atoms with Gasteiger partial charge in [0.15, 0.2) is 0 Å². The molecule has 1 fully saturated rings. The van der Waals surface area contributed by atoms with Crippen LogP contribution in [0.1, 0.15) is 41.2 Å². The highest BCUT2D eigenvalue weighted by atomic mass is 32.1. The normalized spacial score (nSPS) is 17.7. The van der Waals surface area contributed by atoms with Crippen LogP contribution >= 0.6 is 11.3 Å². The first-order chi connectivity index (χ1) is 11.2. The predicted octanol–water partition coefficient (Wildman–Crippen LogP) is 0.442. The maximum atomic E-state index is 12.3. The van der Waals surface area contributed by atoms with Crippen molar-refractivity contribution in [2.24, 2.45) is 0 Å². The first-order valence-electron chi connectivity index (χ1n) is 7.86. The summed E-state index contributed by atoms with van der Waals surface area (Å²) >= 11 is 1.19. The van der Waals surface area contributed by atoms with Crippen LogP contribution in [0.4, 0.5) is 0 Å². The maximum absolute atomic E-state index is 12.3. The standard InChI is InChI=1S/C16H23N3O4S/c1-16(2,23)12-7-6-11(24-12)15(22)18-9-13(20)19-8-4-5-10(19)14(21)17-3/h6-7,10,23H,4-5,8-9H2,1-3H3,(H,17,21)(H,18,22). The van der Waals surface area contributed by atoms with Crippen LogP contribution in [0.5, 0.6) is 0 Å². The summed E-state index contributed by atoms with van der Waals surface area (Å²) in [6, 6.07) is 2.87. The van der Waals surface area contributed by atoms with Crippen molar-refractivity contribution < 1.29 is 19.5 Å². The lowest BCUT2D eigenvalue weighted by molar-refractivity contribution is -0.137. The lowest BCUT2D eigenvalue weighted by Gasteiger charge is -2.23. The molecule has 3 amide bonds. The van der Waals surface area contributed by atoms with Crippen LogP contribution in [-0.4, -0.2) is 53.9 Å². The van der Waals surface area contributed by atoms with E-state index in [1.807, 2.05) is 0 Å². The van der Waals surface area contributed by atoms with E-state index in [0.29, 0.717) is 22.7 Å². The predicted molar refractivity (Wildman–Crippen MR) is 90.7 cm³/mol. The van der Waals surface area contributed by atoms with E-state index in [-0.39, 0.29) is 24.3 Å². The van der Waals surface area contributed by atoms with Crippen molar-refractivity contribution in [1.82, 2.24) is 15.5 Å². The van der Waals surface area contributed by atoms with E-state index in [0.717, 1.165) is 6.42 Å². The van der Waals surface area contributed by atoms with Crippen LogP contribution in [-0.2, 0) is 15.2 Å². The second-order valence-corrected chi connectivity index (χ2v) is 7.35. The zero-order valence-corrected chi connectivity index (χ0v) is 14.9. The van der Waals surface area contributed by atoms with Crippen molar-refractivity contribution in [3.8, 4) is 0 Å². The van der Waals surface area contributed by atoms with E-state index in [4.69, 9.17) is 0 Å². The number of aliphatic hydroxyl groups is 1. The van der Waals surface area contributed by atoms with Gasteiger partial charge in [-0.05, 0) is 38.8 Å². The Morgan fingerprint density at radius 1 is 1.38 bits per heavy atom. The fourth-order valence-corrected chi connectivity index (χ4v) is 3.56. The number of hydrogen-bond acceptors (Lipinski definition) is 5. The molecule has 2 rings (SSSR count). The molecule has 1 aliphatic heterocycles. The summed E-state index contributed by atoms with van der Waals surface area (Å²) < 4.78 is 0. The van der Waals surface area contributed by atoms with Gasteiger partial charge in [0.1, 0.15) is 6.04 Å². The Labute approximate surface area is 145 Å². The number of nitrogens with zero attached hydrogens (tertiary/aromatic N) is 1. The Morgan fingerprint density at radius 2 is 2.08 bits per heavy atom. The summed E-state index contributed by atoms with van der Waals surface area (Å²) in [6.45, 7) is 3.67. The van der Waals surface area contributed by atoms with Gasteiger partial charge >= 0.3 is 0 Å². The molecule has 1 aliphatic rings. The molecule has 0 spiro atoms. The zero-order chi connectivity index (χ0) is 17.9. The molecule has 3 N–H and O–H groups in total. The van der Waals surface area contributed by atoms with Crippen LogP contribution in [0.25, 0.3) is 0 Å². The Bertz CT molecular complexity index is 636. The van der Waals surface area contributed by atoms with E-state index in [2.05, 4.69) is 10.6 Å². The van der Waals surface area contributed by atoms with E-state index in [1.165, 1.54) is 16.2 Å². The molecule has 0 aliphatic carbocycles. The summed E-state index contributed by atoms with van der Waals surface area (Å²) in [5.74, 6) is -0.812. The Balaban J connectivity index is 1.93. The molecule has 1 unspecified atom stereocenters. The minimum atomic E-state index is -1.00. The molecule has 132 valence electrons. The van der Waals surface area contributed by atoms with Gasteiger partial charge in [-0.1, -0.05) is 0 Å². The Morgan fingerprint density at radius 3 is 2.67 bits per heavy atom. The summed E-state index contributed by atoms with van der Waals surface area (Å²) in [6.07, 6.45) is 1.41. The van der Waals surface area contributed by atoms with Crippen LogP contribution in [0.3, 0.4) is 0 Å². The molecule has 0 aromatic carbocycles. The van der Waals surface area contributed by atoms with Crippen molar-refractivity contribution in [2.45, 2.75) is 38.3 Å². The topological polar surface area (TPSA) is 98.7 Å². The third-order valence-corrected chi connectivity index (χ3v) is 5.35. The molecule has 7 nitrogen and oxygen atoms in total. The summed E-state index contributed by atoms with van der Waals surface area (Å²) in [4.78, 5) is 38.8.